The SMILES string of the molecule is CCOC(=O)c1sc(N)c(C#N)c1COC(=O)[C@]12CCC(=O)N1c1ccccc1S2. The largest absolute Gasteiger partial charge is 0.462 e. The zero-order valence-corrected chi connectivity index (χ0v) is 17.6. The Morgan fingerprint density at radius 1 is 1.33 bits per heavy atom. The second-order valence-corrected chi connectivity index (χ2v) is 9.01. The fourth-order valence-electron chi connectivity index (χ4n) is 3.63. The van der Waals surface area contributed by atoms with Gasteiger partial charge in [0.05, 0.1) is 17.9 Å². The average Bonchev–Trinajstić information content (AvgIpc) is 3.36. The van der Waals surface area contributed by atoms with E-state index in [-0.39, 0.29) is 46.5 Å². The zero-order chi connectivity index (χ0) is 21.5. The number of hydrogen-bond acceptors (Lipinski definition) is 9. The number of anilines is 2. The second kappa shape index (κ2) is 7.66. The molecule has 2 N–H and O–H groups in total. The summed E-state index contributed by atoms with van der Waals surface area (Å²) in [4.78, 5) is 39.2. The minimum atomic E-state index is -1.18. The van der Waals surface area contributed by atoms with Crippen LogP contribution < -0.4 is 10.6 Å². The van der Waals surface area contributed by atoms with E-state index in [0.717, 1.165) is 16.2 Å². The van der Waals surface area contributed by atoms with Crippen LogP contribution in [0.2, 0.25) is 0 Å². The van der Waals surface area contributed by atoms with Crippen LogP contribution in [0, 0.1) is 11.3 Å². The van der Waals surface area contributed by atoms with E-state index < -0.39 is 16.8 Å². The monoisotopic (exact) mass is 443 g/mol. The van der Waals surface area contributed by atoms with E-state index in [0.29, 0.717) is 12.1 Å². The Labute approximate surface area is 180 Å². The number of ether oxygens (including phenoxy) is 2. The van der Waals surface area contributed by atoms with E-state index >= 15 is 0 Å². The molecule has 1 atom stereocenters. The number of amides is 1. The van der Waals surface area contributed by atoms with Gasteiger partial charge in [-0.25, -0.2) is 9.59 Å². The number of nitrogen functional groups attached to an aromatic ring is 1. The quantitative estimate of drug-likeness (QED) is 0.700. The number of thiophene rings is 1. The zero-order valence-electron chi connectivity index (χ0n) is 16.0. The highest BCUT2D eigenvalue weighted by Gasteiger charge is 2.58. The first-order valence-corrected chi connectivity index (χ1v) is 10.8. The third kappa shape index (κ3) is 3.02. The second-order valence-electron chi connectivity index (χ2n) is 6.64. The number of carbonyl (C=O) groups excluding carboxylic acids is 3. The molecule has 1 aromatic heterocycles. The Bertz CT molecular complexity index is 1110. The lowest BCUT2D eigenvalue weighted by Crippen LogP contribution is -2.47. The number of esters is 2. The van der Waals surface area contributed by atoms with Gasteiger partial charge in [-0.2, -0.15) is 5.26 Å². The van der Waals surface area contributed by atoms with E-state index in [1.807, 2.05) is 24.3 Å². The number of para-hydroxylation sites is 1. The van der Waals surface area contributed by atoms with Crippen LogP contribution in [-0.4, -0.2) is 29.3 Å². The first-order chi connectivity index (χ1) is 14.4. The molecular weight excluding hydrogens is 426 g/mol. The van der Waals surface area contributed by atoms with Gasteiger partial charge in [0.2, 0.25) is 5.91 Å². The number of thioether (sulfide) groups is 1. The lowest BCUT2D eigenvalue weighted by molar-refractivity contribution is -0.148. The molecule has 1 fully saturated rings. The van der Waals surface area contributed by atoms with Gasteiger partial charge in [-0.1, -0.05) is 23.9 Å². The minimum Gasteiger partial charge on any atom is -0.462 e. The smallest absolute Gasteiger partial charge is 0.348 e. The molecule has 0 aliphatic carbocycles. The summed E-state index contributed by atoms with van der Waals surface area (Å²) in [5.41, 5.74) is 6.87. The van der Waals surface area contributed by atoms with Crippen molar-refractivity contribution in [2.24, 2.45) is 0 Å². The lowest BCUT2D eigenvalue weighted by Gasteiger charge is -2.28. The number of nitrogens with zero attached hydrogens (tertiary/aromatic N) is 2. The fraction of sp³-hybridized carbons (Fsp3) is 0.300. The van der Waals surface area contributed by atoms with Gasteiger partial charge in [-0.05, 0) is 19.1 Å². The van der Waals surface area contributed by atoms with Crippen LogP contribution in [0.1, 0.15) is 40.6 Å². The van der Waals surface area contributed by atoms with Gasteiger partial charge in [-0.3, -0.25) is 9.69 Å². The first kappa shape index (κ1) is 20.3. The maximum Gasteiger partial charge on any atom is 0.348 e. The van der Waals surface area contributed by atoms with E-state index in [9.17, 15) is 19.6 Å². The summed E-state index contributed by atoms with van der Waals surface area (Å²) in [5.74, 6) is -1.37. The van der Waals surface area contributed by atoms with Crippen molar-refractivity contribution >= 4 is 51.6 Å². The molecule has 8 nitrogen and oxygen atoms in total. The molecule has 10 heteroatoms. The number of carbonyl (C=O) groups is 3. The van der Waals surface area contributed by atoms with Gasteiger partial charge in [-0.15, -0.1) is 11.3 Å². The molecule has 4 rings (SSSR count). The molecule has 1 amide bonds. The topological polar surface area (TPSA) is 123 Å². The third-order valence-electron chi connectivity index (χ3n) is 4.95. The molecule has 0 saturated carbocycles. The third-order valence-corrected chi connectivity index (χ3v) is 7.44. The molecule has 0 radical (unpaired) electrons. The first-order valence-electron chi connectivity index (χ1n) is 9.19. The predicted molar refractivity (Wildman–Crippen MR) is 111 cm³/mol. The van der Waals surface area contributed by atoms with Gasteiger partial charge in [0.25, 0.3) is 0 Å². The van der Waals surface area contributed by atoms with E-state index in [1.165, 1.54) is 16.7 Å². The van der Waals surface area contributed by atoms with Gasteiger partial charge in [0, 0.05) is 23.3 Å². The minimum absolute atomic E-state index is 0.0927. The molecule has 0 unspecified atom stereocenters. The van der Waals surface area contributed by atoms with Gasteiger partial charge in [0.15, 0.2) is 4.87 Å². The number of benzene rings is 1. The van der Waals surface area contributed by atoms with Gasteiger partial charge in [0.1, 0.15) is 22.6 Å². The van der Waals surface area contributed by atoms with Gasteiger partial charge >= 0.3 is 11.9 Å². The van der Waals surface area contributed by atoms with E-state index in [2.05, 4.69) is 0 Å². The number of rotatable bonds is 5. The molecule has 0 spiro atoms. The van der Waals surface area contributed by atoms with E-state index in [4.69, 9.17) is 15.2 Å². The van der Waals surface area contributed by atoms with Crippen molar-refractivity contribution in [3.05, 3.63) is 40.3 Å². The Hall–Kier alpha value is -3.03. The van der Waals surface area contributed by atoms with Crippen molar-refractivity contribution in [3.63, 3.8) is 0 Å². The molecule has 2 aliphatic rings. The maximum absolute atomic E-state index is 13.2. The summed E-state index contributed by atoms with van der Waals surface area (Å²) in [6, 6.07) is 9.26. The highest BCUT2D eigenvalue weighted by atomic mass is 32.2. The highest BCUT2D eigenvalue weighted by Crippen LogP contribution is 2.56. The number of nitrogens with two attached hydrogens (primary N) is 1. The summed E-state index contributed by atoms with van der Waals surface area (Å²) in [6.45, 7) is 1.51. The maximum atomic E-state index is 13.2. The van der Waals surface area contributed by atoms with Crippen LogP contribution in [0.5, 0.6) is 0 Å². The van der Waals surface area contributed by atoms with Crippen LogP contribution in [0.3, 0.4) is 0 Å². The predicted octanol–water partition coefficient (Wildman–Crippen LogP) is 3.05. The van der Waals surface area contributed by atoms with Crippen LogP contribution in [-0.2, 0) is 25.7 Å². The van der Waals surface area contributed by atoms with Crippen LogP contribution >= 0.6 is 23.1 Å². The van der Waals surface area contributed by atoms with E-state index in [1.54, 1.807) is 13.0 Å². The number of hydrogen-bond donors (Lipinski definition) is 1. The van der Waals surface area contributed by atoms with Crippen LogP contribution in [0.15, 0.2) is 29.2 Å². The number of nitriles is 1. The van der Waals surface area contributed by atoms with Crippen molar-refractivity contribution in [2.75, 3.05) is 17.2 Å². The highest BCUT2D eigenvalue weighted by molar-refractivity contribution is 8.02. The summed E-state index contributed by atoms with van der Waals surface area (Å²) >= 11 is 2.21. The molecular formula is C20H17N3O5S2. The Kier molecular flexibility index (Phi) is 5.17. The Morgan fingerprint density at radius 3 is 2.83 bits per heavy atom. The summed E-state index contributed by atoms with van der Waals surface area (Å²) in [6.07, 6.45) is 0.547. The molecule has 30 heavy (non-hydrogen) atoms. The Morgan fingerprint density at radius 2 is 2.10 bits per heavy atom. The van der Waals surface area contributed by atoms with Crippen LogP contribution in [0.25, 0.3) is 0 Å². The normalized spacial score (nSPS) is 19.2. The summed E-state index contributed by atoms with van der Waals surface area (Å²) in [5, 5.41) is 9.59. The van der Waals surface area contributed by atoms with Crippen molar-refractivity contribution in [3.8, 4) is 6.07 Å². The standard InChI is InChI=1S/C20H17N3O5S2/c1-2-27-18(25)16-12(11(9-21)17(22)29-16)10-28-19(26)20-8-7-15(24)23(20)13-5-3-4-6-14(13)30-20/h3-6H,2,7-8,10,22H2,1H3/t20-/m1/s1. The average molecular weight is 444 g/mol. The molecule has 1 saturated heterocycles. The lowest BCUT2D eigenvalue weighted by atomic mass is 10.1. The van der Waals surface area contributed by atoms with Crippen molar-refractivity contribution in [2.45, 2.75) is 36.1 Å². The molecule has 1 aromatic carbocycles. The summed E-state index contributed by atoms with van der Waals surface area (Å²) in [7, 11) is 0. The molecule has 154 valence electrons. The summed E-state index contributed by atoms with van der Waals surface area (Å²) < 4.78 is 10.6. The molecule has 2 aliphatic heterocycles. The van der Waals surface area contributed by atoms with Crippen molar-refractivity contribution in [1.29, 1.82) is 5.26 Å². The molecule has 2 aromatic rings. The van der Waals surface area contributed by atoms with Crippen LogP contribution in [0.4, 0.5) is 10.7 Å². The van der Waals surface area contributed by atoms with Crippen molar-refractivity contribution in [1.82, 2.24) is 0 Å². The molecule has 3 heterocycles. The number of fused-ring (bicyclic) bond motifs is 3. The van der Waals surface area contributed by atoms with Gasteiger partial charge < -0.3 is 15.2 Å². The van der Waals surface area contributed by atoms with Crippen molar-refractivity contribution < 1.29 is 23.9 Å². The Balaban J connectivity index is 1.61. The fourth-order valence-corrected chi connectivity index (χ4v) is 5.96. The molecule has 0 bridgehead atoms.